The molecule has 3 heterocycles. The van der Waals surface area contributed by atoms with E-state index in [1.807, 2.05) is 98.8 Å². The van der Waals surface area contributed by atoms with Gasteiger partial charge in [0.05, 0.1) is 6.61 Å². The molecule has 0 unspecified atom stereocenters. The lowest BCUT2D eigenvalue weighted by molar-refractivity contribution is -0.138. The molecule has 8 nitrogen and oxygen atoms in total. The summed E-state index contributed by atoms with van der Waals surface area (Å²) in [6.45, 7) is 4.45. The van der Waals surface area contributed by atoms with E-state index in [4.69, 9.17) is 14.2 Å². The summed E-state index contributed by atoms with van der Waals surface area (Å²) in [5.41, 5.74) is 2.66. The predicted molar refractivity (Wildman–Crippen MR) is 158 cm³/mol. The first kappa shape index (κ1) is 26.6. The molecule has 0 spiro atoms. The van der Waals surface area contributed by atoms with Gasteiger partial charge in [-0.15, -0.1) is 0 Å². The van der Waals surface area contributed by atoms with Gasteiger partial charge in [0.25, 0.3) is 11.8 Å². The van der Waals surface area contributed by atoms with Gasteiger partial charge in [0.2, 0.25) is 0 Å². The third-order valence-electron chi connectivity index (χ3n) is 8.41. The van der Waals surface area contributed by atoms with Gasteiger partial charge < -0.3 is 24.8 Å². The minimum atomic E-state index is -0.822. The molecule has 0 saturated carbocycles. The average Bonchev–Trinajstić information content (AvgIpc) is 3.67. The van der Waals surface area contributed by atoms with Crippen LogP contribution in [0.25, 0.3) is 0 Å². The van der Waals surface area contributed by atoms with Gasteiger partial charge in [-0.3, -0.25) is 9.59 Å². The Labute approximate surface area is 244 Å². The van der Waals surface area contributed by atoms with Crippen molar-refractivity contribution in [3.8, 4) is 0 Å². The molecule has 0 bridgehead atoms. The maximum Gasteiger partial charge on any atom is 0.255 e. The minimum Gasteiger partial charge on any atom is -0.355 e. The van der Waals surface area contributed by atoms with Crippen molar-refractivity contribution in [3.63, 3.8) is 0 Å². The molecule has 212 valence electrons. The summed E-state index contributed by atoms with van der Waals surface area (Å²) in [6.07, 6.45) is -1.10. The third kappa shape index (κ3) is 4.40. The van der Waals surface area contributed by atoms with Gasteiger partial charge in [-0.1, -0.05) is 60.7 Å². The third-order valence-corrected chi connectivity index (χ3v) is 8.41. The Morgan fingerprint density at radius 2 is 1.17 bits per heavy atom. The number of nitrogens with one attached hydrogen (secondary N) is 2. The smallest absolute Gasteiger partial charge is 0.255 e. The molecular formula is C34H31N3O5. The lowest BCUT2D eigenvalue weighted by Crippen LogP contribution is -2.40. The van der Waals surface area contributed by atoms with E-state index in [9.17, 15) is 9.59 Å². The standard InChI is InChI=1S/C34H31N3O5/c1-33(24-15-9-17-26(19-24)35-29(38)22-11-5-3-6-12-22)31-37-28(21-40-31)41-34(2,32(37)42-33)25-16-10-18-27(20-25)36-30(39)23-13-7-4-8-14-23/h3-20,28,31-32H,21H2,1-2H3,(H,35,38)(H,36,39)/t28-,31-,32-,33-,34-/m0/s1. The van der Waals surface area contributed by atoms with Crippen LogP contribution in [0.2, 0.25) is 0 Å². The highest BCUT2D eigenvalue weighted by molar-refractivity contribution is 6.04. The van der Waals surface area contributed by atoms with Crippen LogP contribution in [0.3, 0.4) is 0 Å². The number of amides is 2. The van der Waals surface area contributed by atoms with Crippen molar-refractivity contribution in [2.45, 2.75) is 43.7 Å². The van der Waals surface area contributed by atoms with Crippen LogP contribution in [-0.4, -0.2) is 42.0 Å². The Bertz CT molecular complexity index is 1550. The highest BCUT2D eigenvalue weighted by Gasteiger charge is 2.68. The van der Waals surface area contributed by atoms with Gasteiger partial charge in [-0.25, -0.2) is 4.90 Å². The number of rotatable bonds is 6. The molecule has 4 aromatic rings. The molecule has 0 radical (unpaired) electrons. The fraction of sp³-hybridized carbons (Fsp3) is 0.235. The summed E-state index contributed by atoms with van der Waals surface area (Å²) in [5, 5.41) is 6.00. The quantitative estimate of drug-likeness (QED) is 0.314. The van der Waals surface area contributed by atoms with E-state index in [1.54, 1.807) is 24.3 Å². The summed E-state index contributed by atoms with van der Waals surface area (Å²) in [5.74, 6) is -0.355. The summed E-state index contributed by atoms with van der Waals surface area (Å²) in [6, 6.07) is 33.7. The molecule has 5 atom stereocenters. The van der Waals surface area contributed by atoms with Crippen molar-refractivity contribution in [1.82, 2.24) is 4.90 Å². The first-order valence-electron chi connectivity index (χ1n) is 14.0. The maximum atomic E-state index is 12.8. The largest absolute Gasteiger partial charge is 0.355 e. The van der Waals surface area contributed by atoms with Gasteiger partial charge in [0, 0.05) is 22.5 Å². The zero-order valence-electron chi connectivity index (χ0n) is 23.3. The van der Waals surface area contributed by atoms with E-state index in [0.717, 1.165) is 11.1 Å². The van der Waals surface area contributed by atoms with Crippen LogP contribution in [0, 0.1) is 0 Å². The van der Waals surface area contributed by atoms with Crippen molar-refractivity contribution in [2.24, 2.45) is 0 Å². The maximum absolute atomic E-state index is 12.8. The summed E-state index contributed by atoms with van der Waals surface area (Å²) in [4.78, 5) is 27.8. The molecule has 8 heteroatoms. The number of benzene rings is 4. The van der Waals surface area contributed by atoms with E-state index in [-0.39, 0.29) is 24.3 Å². The van der Waals surface area contributed by atoms with Crippen molar-refractivity contribution in [2.75, 3.05) is 17.2 Å². The fourth-order valence-electron chi connectivity index (χ4n) is 6.22. The van der Waals surface area contributed by atoms with Crippen LogP contribution < -0.4 is 10.6 Å². The summed E-state index contributed by atoms with van der Waals surface area (Å²) >= 11 is 0. The molecule has 7 rings (SSSR count). The number of nitrogens with zero attached hydrogens (tertiary/aromatic N) is 1. The first-order valence-corrected chi connectivity index (χ1v) is 14.0. The highest BCUT2D eigenvalue weighted by atomic mass is 16.7. The molecule has 3 fully saturated rings. The van der Waals surface area contributed by atoms with Crippen molar-refractivity contribution < 1.29 is 23.8 Å². The van der Waals surface area contributed by atoms with E-state index in [0.29, 0.717) is 29.1 Å². The molecule has 0 aliphatic carbocycles. The van der Waals surface area contributed by atoms with E-state index in [1.165, 1.54) is 0 Å². The molecule has 3 aliphatic heterocycles. The normalized spacial score (nSPS) is 27.9. The number of carbonyl (C=O) groups is 2. The number of hydrogen-bond donors (Lipinski definition) is 2. The van der Waals surface area contributed by atoms with Crippen LogP contribution in [-0.2, 0) is 25.4 Å². The topological polar surface area (TPSA) is 89.1 Å². The molecule has 0 aromatic heterocycles. The van der Waals surface area contributed by atoms with Crippen LogP contribution in [0.4, 0.5) is 11.4 Å². The number of hydrogen-bond acceptors (Lipinski definition) is 6. The van der Waals surface area contributed by atoms with Crippen molar-refractivity contribution in [1.29, 1.82) is 0 Å². The zero-order valence-corrected chi connectivity index (χ0v) is 23.3. The van der Waals surface area contributed by atoms with Crippen LogP contribution in [0.1, 0.15) is 45.7 Å². The Balaban J connectivity index is 1.15. The van der Waals surface area contributed by atoms with Gasteiger partial charge in [0.15, 0.2) is 0 Å². The van der Waals surface area contributed by atoms with Crippen LogP contribution in [0.15, 0.2) is 109 Å². The van der Waals surface area contributed by atoms with Crippen molar-refractivity contribution >= 4 is 23.2 Å². The highest BCUT2D eigenvalue weighted by Crippen LogP contribution is 2.56. The second kappa shape index (κ2) is 10.2. The van der Waals surface area contributed by atoms with Gasteiger partial charge in [0.1, 0.15) is 29.9 Å². The first-order chi connectivity index (χ1) is 20.3. The van der Waals surface area contributed by atoms with Crippen LogP contribution >= 0.6 is 0 Å². The second-order valence-corrected chi connectivity index (χ2v) is 11.2. The lowest BCUT2D eigenvalue weighted by atomic mass is 9.93. The number of anilines is 2. The van der Waals surface area contributed by atoms with Gasteiger partial charge in [-0.2, -0.15) is 0 Å². The van der Waals surface area contributed by atoms with E-state index >= 15 is 0 Å². The van der Waals surface area contributed by atoms with E-state index < -0.39 is 17.4 Å². The van der Waals surface area contributed by atoms with Crippen LogP contribution in [0.5, 0.6) is 0 Å². The average molecular weight is 562 g/mol. The Hall–Kier alpha value is -4.34. The molecule has 4 aromatic carbocycles. The van der Waals surface area contributed by atoms with E-state index in [2.05, 4.69) is 15.5 Å². The number of carbonyl (C=O) groups excluding carboxylic acids is 2. The van der Waals surface area contributed by atoms with Gasteiger partial charge in [-0.05, 0) is 73.5 Å². The zero-order chi connectivity index (χ0) is 28.9. The SMILES string of the molecule is C[C@@]1(c2cccc(NC(=O)c3ccccc3)c2)O[C@H]2CO[C@@H]3N2[C@H]1O[C@@]3(C)c1cccc(NC(=O)c2ccccc2)c1. The molecule has 3 aliphatic rings. The predicted octanol–water partition coefficient (Wildman–Crippen LogP) is 5.69. The second-order valence-electron chi connectivity index (χ2n) is 11.2. The fourth-order valence-corrected chi connectivity index (χ4v) is 6.22. The summed E-state index contributed by atoms with van der Waals surface area (Å²) < 4.78 is 19.7. The Kier molecular flexibility index (Phi) is 6.44. The Morgan fingerprint density at radius 1 is 0.667 bits per heavy atom. The minimum absolute atomic E-state index is 0.178. The molecule has 2 amide bonds. The molecule has 2 N–H and O–H groups in total. The number of ether oxygens (including phenoxy) is 3. The summed E-state index contributed by atoms with van der Waals surface area (Å²) in [7, 11) is 0. The lowest BCUT2D eigenvalue weighted by Gasteiger charge is -2.33. The van der Waals surface area contributed by atoms with Gasteiger partial charge >= 0.3 is 0 Å². The molecular weight excluding hydrogens is 530 g/mol. The monoisotopic (exact) mass is 561 g/mol. The Morgan fingerprint density at radius 3 is 1.69 bits per heavy atom. The molecule has 42 heavy (non-hydrogen) atoms. The van der Waals surface area contributed by atoms with Crippen molar-refractivity contribution in [3.05, 3.63) is 131 Å². The molecule has 3 saturated heterocycles.